The number of benzene rings is 2. The van der Waals surface area contributed by atoms with Crippen LogP contribution in [0.4, 0.5) is 11.4 Å². The monoisotopic (exact) mass is 1010 g/mol. The number of unbranched alkanes of at least 4 members (excludes halogenated alkanes) is 1. The van der Waals surface area contributed by atoms with Crippen LogP contribution >= 0.6 is 23.5 Å². The van der Waals surface area contributed by atoms with Crippen LogP contribution in [0.2, 0.25) is 0 Å². The van der Waals surface area contributed by atoms with Crippen LogP contribution in [0.15, 0.2) is 58.3 Å². The number of ether oxygens (including phenoxy) is 6. The van der Waals surface area contributed by atoms with E-state index in [1.807, 2.05) is 0 Å². The molecule has 2 amide bonds. The number of hydrogen-bond acceptors (Lipinski definition) is 24. The molecule has 0 radical (unpaired) electrons. The van der Waals surface area contributed by atoms with Crippen molar-refractivity contribution in [2.75, 3.05) is 37.1 Å². The van der Waals surface area contributed by atoms with Crippen LogP contribution in [0.3, 0.4) is 0 Å². The Labute approximate surface area is 397 Å². The summed E-state index contributed by atoms with van der Waals surface area (Å²) in [4.78, 5) is 26.5. The standard InChI is InChI=1S/C42H60N2O22S2/c45-13-21-27(51)29(53)33(57)39(61-21)65-37-23(15-47)63-41(35(59)31(37)55)67-19-9-5-17(6-10-19)43-25(49)3-1-2-4-26(50)44-18-7-11-20(12-8-18)68-42-36(60)32(56)38(24(16-48)64-42)66-40-34(58)30(54)28(52)22(14-46)62-40/h5-12,21-24,27-42,45-48,51-60H,1-4,13-16H2,(H,43,49)(H,44,50)/t21-,22-,23-,24-,27-,28-,29+,30+,31-,32-,33-,34-,35-,36-,37-,38-,39-,40-,41+,42+/m1/s1. The van der Waals surface area contributed by atoms with Crippen LogP contribution in [-0.2, 0) is 38.0 Å². The first-order valence-corrected chi connectivity index (χ1v) is 23.5. The zero-order chi connectivity index (χ0) is 49.4. The van der Waals surface area contributed by atoms with E-state index in [2.05, 4.69) is 10.6 Å². The summed E-state index contributed by atoms with van der Waals surface area (Å²) < 4.78 is 33.5. The van der Waals surface area contributed by atoms with E-state index in [4.69, 9.17) is 28.4 Å². The fourth-order valence-electron chi connectivity index (χ4n) is 7.83. The summed E-state index contributed by atoms with van der Waals surface area (Å²) in [7, 11) is 0. The molecule has 20 atom stereocenters. The summed E-state index contributed by atoms with van der Waals surface area (Å²) in [6, 6.07) is 13.0. The van der Waals surface area contributed by atoms with Gasteiger partial charge in [0.2, 0.25) is 11.8 Å². The van der Waals surface area contributed by atoms with E-state index in [1.165, 1.54) is 0 Å². The number of anilines is 2. The van der Waals surface area contributed by atoms with Crippen molar-refractivity contribution in [2.45, 2.75) is 157 Å². The van der Waals surface area contributed by atoms with Crippen molar-refractivity contribution >= 4 is 46.7 Å². The number of rotatable bonds is 19. The lowest BCUT2D eigenvalue weighted by Gasteiger charge is -2.46. The Hall–Kier alpha value is -2.72. The third-order valence-electron chi connectivity index (χ3n) is 11.8. The SMILES string of the molecule is O=C(CCCCC(=O)Nc1ccc(S[C@@H]2O[C@H](CO)[C@@H](O[C@H]3O[C@H](CO)[C@@H](O)[C@H](O)[C@H]3O)[C@H](O)[C@H]2O)cc1)Nc1ccc(S[C@@H]2O[C@H](CO)[C@@H](O[C@H]3O[C@H](CO)[C@@H](O)[C@H](O)[C@H]3O)[C@H](O)[C@H]2O)cc1. The second-order valence-electron chi connectivity index (χ2n) is 16.6. The van der Waals surface area contributed by atoms with Gasteiger partial charge in [0.25, 0.3) is 0 Å². The van der Waals surface area contributed by atoms with Crippen molar-refractivity contribution in [1.29, 1.82) is 0 Å². The maximum absolute atomic E-state index is 12.7. The highest BCUT2D eigenvalue weighted by molar-refractivity contribution is 8.00. The average molecular weight is 1010 g/mol. The molecule has 0 spiro atoms. The summed E-state index contributed by atoms with van der Waals surface area (Å²) >= 11 is 2.03. The number of amides is 2. The van der Waals surface area contributed by atoms with Crippen molar-refractivity contribution < 1.29 is 110 Å². The quantitative estimate of drug-likeness (QED) is 0.0588. The van der Waals surface area contributed by atoms with Crippen molar-refractivity contribution in [3.05, 3.63) is 48.5 Å². The van der Waals surface area contributed by atoms with Crippen LogP contribution in [0, 0.1) is 0 Å². The molecule has 0 aliphatic carbocycles. The zero-order valence-corrected chi connectivity index (χ0v) is 37.8. The summed E-state index contributed by atoms with van der Waals surface area (Å²) in [5.41, 5.74) is -1.27. The molecule has 4 aliphatic rings. The highest BCUT2D eigenvalue weighted by atomic mass is 32.2. The second kappa shape index (κ2) is 25.1. The molecular weight excluding hydrogens is 949 g/mol. The minimum atomic E-state index is -1.79. The molecular formula is C42H60N2O22S2. The molecule has 4 saturated heterocycles. The largest absolute Gasteiger partial charge is 0.394 e. The fourth-order valence-corrected chi connectivity index (χ4v) is 9.95. The predicted molar refractivity (Wildman–Crippen MR) is 233 cm³/mol. The molecule has 0 saturated carbocycles. The molecule has 382 valence electrons. The minimum Gasteiger partial charge on any atom is -0.394 e. The van der Waals surface area contributed by atoms with E-state index in [9.17, 15) is 81.1 Å². The molecule has 0 aromatic heterocycles. The van der Waals surface area contributed by atoms with E-state index in [-0.39, 0.29) is 24.7 Å². The first-order chi connectivity index (χ1) is 32.5. The van der Waals surface area contributed by atoms with Gasteiger partial charge in [-0.15, -0.1) is 0 Å². The van der Waals surface area contributed by atoms with Crippen molar-refractivity contribution in [1.82, 2.24) is 0 Å². The van der Waals surface area contributed by atoms with Crippen LogP contribution in [0.1, 0.15) is 25.7 Å². The zero-order valence-electron chi connectivity index (χ0n) is 36.2. The lowest BCUT2D eigenvalue weighted by molar-refractivity contribution is -0.338. The number of thioether (sulfide) groups is 2. The average Bonchev–Trinajstić information content (AvgIpc) is 3.33. The highest BCUT2D eigenvalue weighted by Crippen LogP contribution is 2.38. The van der Waals surface area contributed by atoms with Crippen molar-refractivity contribution in [2.24, 2.45) is 0 Å². The molecule has 26 heteroatoms. The lowest BCUT2D eigenvalue weighted by atomic mass is 9.97. The Morgan fingerprint density at radius 1 is 0.441 bits per heavy atom. The van der Waals surface area contributed by atoms with Gasteiger partial charge in [0.15, 0.2) is 12.6 Å². The van der Waals surface area contributed by atoms with Gasteiger partial charge in [-0.1, -0.05) is 23.5 Å². The van der Waals surface area contributed by atoms with Gasteiger partial charge in [0.05, 0.1) is 26.4 Å². The molecule has 4 heterocycles. The molecule has 2 aromatic carbocycles. The summed E-state index contributed by atoms with van der Waals surface area (Å²) in [5.74, 6) is -0.600. The van der Waals surface area contributed by atoms with Crippen LogP contribution in [-0.4, -0.2) is 231 Å². The molecule has 4 fully saturated rings. The first kappa shape index (κ1) is 54.6. The fraction of sp³-hybridized carbons (Fsp3) is 0.667. The van der Waals surface area contributed by atoms with E-state index in [1.54, 1.807) is 48.5 Å². The third kappa shape index (κ3) is 13.2. The number of aliphatic hydroxyl groups excluding tert-OH is 14. The number of carbonyl (C=O) groups excluding carboxylic acids is 2. The lowest BCUT2D eigenvalue weighted by Crippen LogP contribution is -2.64. The summed E-state index contributed by atoms with van der Waals surface area (Å²) in [6.45, 7) is -2.79. The van der Waals surface area contributed by atoms with Gasteiger partial charge in [0.1, 0.15) is 109 Å². The van der Waals surface area contributed by atoms with E-state index in [0.717, 1.165) is 23.5 Å². The van der Waals surface area contributed by atoms with Gasteiger partial charge < -0.3 is 111 Å². The van der Waals surface area contributed by atoms with Crippen LogP contribution < -0.4 is 10.6 Å². The molecule has 0 bridgehead atoms. The molecule has 24 nitrogen and oxygen atoms in total. The van der Waals surface area contributed by atoms with Gasteiger partial charge in [-0.05, 0) is 61.4 Å². The number of hydrogen-bond donors (Lipinski definition) is 16. The third-order valence-corrected chi connectivity index (χ3v) is 14.1. The Balaban J connectivity index is 0.889. The molecule has 2 aromatic rings. The maximum Gasteiger partial charge on any atom is 0.224 e. The number of aliphatic hydroxyl groups is 14. The molecule has 0 unspecified atom stereocenters. The van der Waals surface area contributed by atoms with Crippen LogP contribution in [0.25, 0.3) is 0 Å². The molecule has 6 rings (SSSR count). The number of carbonyl (C=O) groups is 2. The summed E-state index contributed by atoms with van der Waals surface area (Å²) in [5, 5.41) is 149. The minimum absolute atomic E-state index is 0.117. The Morgan fingerprint density at radius 2 is 0.779 bits per heavy atom. The van der Waals surface area contributed by atoms with E-state index in [0.29, 0.717) is 34.0 Å². The van der Waals surface area contributed by atoms with Gasteiger partial charge >= 0.3 is 0 Å². The van der Waals surface area contributed by atoms with Gasteiger partial charge in [-0.3, -0.25) is 9.59 Å². The topological polar surface area (TPSA) is 397 Å². The molecule has 16 N–H and O–H groups in total. The van der Waals surface area contributed by atoms with Crippen molar-refractivity contribution in [3.8, 4) is 0 Å². The first-order valence-electron chi connectivity index (χ1n) is 21.8. The second-order valence-corrected chi connectivity index (χ2v) is 18.9. The van der Waals surface area contributed by atoms with E-state index >= 15 is 0 Å². The Morgan fingerprint density at radius 3 is 1.10 bits per heavy atom. The molecule has 4 aliphatic heterocycles. The normalized spacial score (nSPS) is 38.7. The Kier molecular flexibility index (Phi) is 20.2. The Bertz CT molecular complexity index is 1750. The smallest absolute Gasteiger partial charge is 0.224 e. The highest BCUT2D eigenvalue weighted by Gasteiger charge is 2.52. The van der Waals surface area contributed by atoms with Crippen LogP contribution in [0.5, 0.6) is 0 Å². The number of nitrogens with one attached hydrogen (secondary N) is 2. The molecule has 68 heavy (non-hydrogen) atoms. The predicted octanol–water partition coefficient (Wildman–Crippen LogP) is -4.74. The van der Waals surface area contributed by atoms with Gasteiger partial charge in [-0.25, -0.2) is 0 Å². The van der Waals surface area contributed by atoms with E-state index < -0.39 is 148 Å². The maximum atomic E-state index is 12.7. The summed E-state index contributed by atoms with van der Waals surface area (Å²) in [6.07, 6.45) is -27.0. The van der Waals surface area contributed by atoms with Gasteiger partial charge in [0, 0.05) is 34.0 Å². The van der Waals surface area contributed by atoms with Gasteiger partial charge in [-0.2, -0.15) is 0 Å². The van der Waals surface area contributed by atoms with Crippen molar-refractivity contribution in [3.63, 3.8) is 0 Å².